The van der Waals surface area contributed by atoms with Gasteiger partial charge in [0.2, 0.25) is 0 Å². The number of hydrogen-bond donors (Lipinski definition) is 0. The summed E-state index contributed by atoms with van der Waals surface area (Å²) in [7, 11) is 0. The zero-order chi connectivity index (χ0) is 10.8. The third-order valence-electron chi connectivity index (χ3n) is 2.12. The molecule has 2 rings (SSSR count). The van der Waals surface area contributed by atoms with Gasteiger partial charge in [0, 0.05) is 0 Å². The lowest BCUT2D eigenvalue weighted by molar-refractivity contribution is 0.111. The fourth-order valence-corrected chi connectivity index (χ4v) is 1.39. The van der Waals surface area contributed by atoms with Gasteiger partial charge in [0.05, 0.1) is 6.20 Å². The summed E-state index contributed by atoms with van der Waals surface area (Å²) < 4.78 is 14.8. The van der Waals surface area contributed by atoms with E-state index in [4.69, 9.17) is 0 Å². The zero-order valence-corrected chi connectivity index (χ0v) is 8.14. The highest BCUT2D eigenvalue weighted by Gasteiger charge is 2.08. The van der Waals surface area contributed by atoms with Crippen molar-refractivity contribution in [2.45, 2.75) is 6.92 Å². The molecule has 0 aliphatic heterocycles. The maximum absolute atomic E-state index is 13.5. The largest absolute Gasteiger partial charge is 0.296 e. The molecule has 3 nitrogen and oxygen atoms in total. The summed E-state index contributed by atoms with van der Waals surface area (Å²) >= 11 is 0. The van der Waals surface area contributed by atoms with Gasteiger partial charge in [0.15, 0.2) is 6.29 Å². The Hall–Kier alpha value is -1.97. The van der Waals surface area contributed by atoms with Crippen LogP contribution in [0.15, 0.2) is 30.5 Å². The molecule has 0 aliphatic rings. The van der Waals surface area contributed by atoms with Crippen molar-refractivity contribution >= 4 is 6.29 Å². The second kappa shape index (κ2) is 3.65. The minimum atomic E-state index is -0.396. The van der Waals surface area contributed by atoms with Gasteiger partial charge in [-0.2, -0.15) is 5.10 Å². The monoisotopic (exact) mass is 204 g/mol. The summed E-state index contributed by atoms with van der Waals surface area (Å²) in [5, 5.41) is 3.90. The van der Waals surface area contributed by atoms with Crippen LogP contribution in [0.1, 0.15) is 16.1 Å². The molecule has 0 saturated heterocycles. The minimum absolute atomic E-state index is 0.294. The highest BCUT2D eigenvalue weighted by Crippen LogP contribution is 2.15. The number of halogens is 1. The second-order valence-electron chi connectivity index (χ2n) is 3.24. The number of aldehydes is 1. The molecule has 0 N–H and O–H groups in total. The van der Waals surface area contributed by atoms with Gasteiger partial charge in [-0.25, -0.2) is 9.07 Å². The summed E-state index contributed by atoms with van der Waals surface area (Å²) in [4.78, 5) is 10.7. The Morgan fingerprint density at radius 2 is 2.20 bits per heavy atom. The van der Waals surface area contributed by atoms with Gasteiger partial charge in [0.1, 0.15) is 17.2 Å². The SMILES string of the molecule is Cc1ccc(F)c(-n2nccc2C=O)c1. The van der Waals surface area contributed by atoms with Crippen LogP contribution < -0.4 is 0 Å². The first-order chi connectivity index (χ1) is 7.22. The topological polar surface area (TPSA) is 34.9 Å². The molecule has 15 heavy (non-hydrogen) atoms. The molecule has 0 radical (unpaired) electrons. The van der Waals surface area contributed by atoms with Crippen LogP contribution in [0.2, 0.25) is 0 Å². The Morgan fingerprint density at radius 3 is 2.93 bits per heavy atom. The molecule has 0 amide bonds. The van der Waals surface area contributed by atoms with Crippen LogP contribution in [0.25, 0.3) is 5.69 Å². The Morgan fingerprint density at radius 1 is 1.40 bits per heavy atom. The second-order valence-corrected chi connectivity index (χ2v) is 3.24. The van der Waals surface area contributed by atoms with E-state index in [1.54, 1.807) is 12.1 Å². The van der Waals surface area contributed by atoms with Gasteiger partial charge < -0.3 is 0 Å². The molecule has 0 spiro atoms. The third-order valence-corrected chi connectivity index (χ3v) is 2.12. The molecule has 0 fully saturated rings. The van der Waals surface area contributed by atoms with Crippen LogP contribution in [0.5, 0.6) is 0 Å². The van der Waals surface area contributed by atoms with E-state index in [9.17, 15) is 9.18 Å². The van der Waals surface area contributed by atoms with Crippen LogP contribution in [-0.4, -0.2) is 16.1 Å². The van der Waals surface area contributed by atoms with Crippen LogP contribution in [0.4, 0.5) is 4.39 Å². The molecule has 1 aromatic heterocycles. The summed E-state index contributed by atoms with van der Waals surface area (Å²) in [6, 6.07) is 6.22. The predicted octanol–water partition coefficient (Wildman–Crippen LogP) is 2.13. The summed E-state index contributed by atoms with van der Waals surface area (Å²) in [6.07, 6.45) is 2.11. The number of aromatic nitrogens is 2. The molecular formula is C11H9FN2O. The predicted molar refractivity (Wildman–Crippen MR) is 53.6 cm³/mol. The Kier molecular flexibility index (Phi) is 2.33. The van der Waals surface area contributed by atoms with Gasteiger partial charge >= 0.3 is 0 Å². The Balaban J connectivity index is 2.62. The highest BCUT2D eigenvalue weighted by molar-refractivity contribution is 5.73. The zero-order valence-electron chi connectivity index (χ0n) is 8.14. The molecule has 0 atom stereocenters. The van der Waals surface area contributed by atoms with Crippen molar-refractivity contribution in [3.8, 4) is 5.69 Å². The number of nitrogens with zero attached hydrogens (tertiary/aromatic N) is 2. The summed E-state index contributed by atoms with van der Waals surface area (Å²) in [5.74, 6) is -0.396. The number of carbonyl (C=O) groups is 1. The maximum Gasteiger partial charge on any atom is 0.168 e. The van der Waals surface area contributed by atoms with Gasteiger partial charge in [-0.15, -0.1) is 0 Å². The van der Waals surface area contributed by atoms with Crippen molar-refractivity contribution in [1.29, 1.82) is 0 Å². The Labute approximate surface area is 86.2 Å². The van der Waals surface area contributed by atoms with E-state index in [2.05, 4.69) is 5.10 Å². The lowest BCUT2D eigenvalue weighted by Crippen LogP contribution is -2.03. The van der Waals surface area contributed by atoms with E-state index in [-0.39, 0.29) is 0 Å². The Bertz CT molecular complexity index is 505. The molecule has 0 aliphatic carbocycles. The van der Waals surface area contributed by atoms with E-state index >= 15 is 0 Å². The lowest BCUT2D eigenvalue weighted by atomic mass is 10.2. The van der Waals surface area contributed by atoms with Crippen molar-refractivity contribution in [1.82, 2.24) is 9.78 Å². The fraction of sp³-hybridized carbons (Fsp3) is 0.0909. The number of benzene rings is 1. The van der Waals surface area contributed by atoms with Crippen molar-refractivity contribution in [2.75, 3.05) is 0 Å². The van der Waals surface area contributed by atoms with Gasteiger partial charge in [0.25, 0.3) is 0 Å². The van der Waals surface area contributed by atoms with E-state index < -0.39 is 5.82 Å². The third kappa shape index (κ3) is 1.66. The van der Waals surface area contributed by atoms with Crippen molar-refractivity contribution in [3.63, 3.8) is 0 Å². The molecule has 0 saturated carbocycles. The number of carbonyl (C=O) groups excluding carboxylic acids is 1. The smallest absolute Gasteiger partial charge is 0.168 e. The molecule has 76 valence electrons. The van der Waals surface area contributed by atoms with E-state index in [0.29, 0.717) is 17.7 Å². The van der Waals surface area contributed by atoms with Crippen LogP contribution >= 0.6 is 0 Å². The van der Waals surface area contributed by atoms with Crippen molar-refractivity contribution in [3.05, 3.63) is 47.5 Å². The normalized spacial score (nSPS) is 10.3. The number of aryl methyl sites for hydroxylation is 1. The van der Waals surface area contributed by atoms with Gasteiger partial charge in [-0.1, -0.05) is 6.07 Å². The van der Waals surface area contributed by atoms with E-state index in [1.807, 2.05) is 6.92 Å². The lowest BCUT2D eigenvalue weighted by Gasteiger charge is -2.05. The van der Waals surface area contributed by atoms with Crippen LogP contribution in [0, 0.1) is 12.7 Å². The number of rotatable bonds is 2. The first kappa shape index (κ1) is 9.58. The molecule has 0 bridgehead atoms. The average molecular weight is 204 g/mol. The quantitative estimate of drug-likeness (QED) is 0.702. The summed E-state index contributed by atoms with van der Waals surface area (Å²) in [6.45, 7) is 1.85. The van der Waals surface area contributed by atoms with Crippen LogP contribution in [-0.2, 0) is 0 Å². The standard InChI is InChI=1S/C11H9FN2O/c1-8-2-3-10(12)11(6-8)14-9(7-15)4-5-13-14/h2-7H,1H3. The summed E-state index contributed by atoms with van der Waals surface area (Å²) in [5.41, 5.74) is 1.54. The average Bonchev–Trinajstić information content (AvgIpc) is 2.69. The van der Waals surface area contributed by atoms with Crippen molar-refractivity contribution < 1.29 is 9.18 Å². The van der Waals surface area contributed by atoms with E-state index in [1.165, 1.54) is 23.0 Å². The first-order valence-electron chi connectivity index (χ1n) is 4.48. The maximum atomic E-state index is 13.5. The molecule has 2 aromatic rings. The van der Waals surface area contributed by atoms with Crippen molar-refractivity contribution in [2.24, 2.45) is 0 Å². The molecular weight excluding hydrogens is 195 g/mol. The molecule has 0 unspecified atom stereocenters. The van der Waals surface area contributed by atoms with Crippen LogP contribution in [0.3, 0.4) is 0 Å². The number of hydrogen-bond acceptors (Lipinski definition) is 2. The minimum Gasteiger partial charge on any atom is -0.296 e. The fourth-order valence-electron chi connectivity index (χ4n) is 1.39. The molecule has 1 heterocycles. The van der Waals surface area contributed by atoms with Gasteiger partial charge in [-0.05, 0) is 30.7 Å². The van der Waals surface area contributed by atoms with E-state index in [0.717, 1.165) is 5.56 Å². The first-order valence-corrected chi connectivity index (χ1v) is 4.48. The molecule has 4 heteroatoms. The molecule has 1 aromatic carbocycles. The highest BCUT2D eigenvalue weighted by atomic mass is 19.1. The van der Waals surface area contributed by atoms with Gasteiger partial charge in [-0.3, -0.25) is 4.79 Å².